The minimum Gasteiger partial charge on any atom is -0.496 e. The van der Waals surface area contributed by atoms with E-state index in [9.17, 15) is 47.7 Å². The molecule has 23 heteroatoms. The summed E-state index contributed by atoms with van der Waals surface area (Å²) < 4.78 is 42.8. The summed E-state index contributed by atoms with van der Waals surface area (Å²) in [5, 5.41) is 35.9. The van der Waals surface area contributed by atoms with Crippen LogP contribution in [0.15, 0.2) is 48.5 Å². The Bertz CT molecular complexity index is 2710. The van der Waals surface area contributed by atoms with Crippen LogP contribution in [0.5, 0.6) is 11.5 Å². The molecule has 1 aromatic carbocycles. The summed E-state index contributed by atoms with van der Waals surface area (Å²) in [7, 11) is -2.65. The van der Waals surface area contributed by atoms with E-state index < -0.39 is 33.8 Å². The predicted molar refractivity (Wildman–Crippen MR) is 274 cm³/mol. The maximum atomic E-state index is 12.6. The molecule has 1 fully saturated rings. The van der Waals surface area contributed by atoms with Crippen molar-refractivity contribution in [1.29, 1.82) is 0 Å². The molecule has 3 aromatic heterocycles. The van der Waals surface area contributed by atoms with Gasteiger partial charge < -0.3 is 41.2 Å². The molecule has 0 bridgehead atoms. The first kappa shape index (κ1) is 58.3. The van der Waals surface area contributed by atoms with Crippen molar-refractivity contribution in [1.82, 2.24) is 40.3 Å². The highest BCUT2D eigenvalue weighted by Gasteiger charge is 2.23. The molecule has 4 heterocycles. The summed E-state index contributed by atoms with van der Waals surface area (Å²) in [6, 6.07) is 13.4. The number of hydrogen-bond acceptors (Lipinski definition) is 16. The van der Waals surface area contributed by atoms with Crippen LogP contribution >= 0.6 is 0 Å². The minimum absolute atomic E-state index is 0.0196. The monoisotopic (exact) mass is 1050 g/mol. The maximum Gasteiger partial charge on any atom is 0.354 e. The Balaban J connectivity index is 1.45. The van der Waals surface area contributed by atoms with E-state index in [0.717, 1.165) is 18.4 Å². The first-order chi connectivity index (χ1) is 35.3. The molecule has 0 spiro atoms. The number of nitrogens with two attached hydrogens (primary N) is 1. The van der Waals surface area contributed by atoms with Crippen molar-refractivity contribution in [2.45, 2.75) is 84.8 Å². The average molecular weight is 1050 g/mol. The average Bonchev–Trinajstić information content (AvgIpc) is 3.43. The zero-order chi connectivity index (χ0) is 53.8. The molecule has 8 N–H and O–H groups in total. The van der Waals surface area contributed by atoms with Crippen molar-refractivity contribution in [2.24, 2.45) is 5.73 Å². The number of carboxylic acids is 3. The van der Waals surface area contributed by atoms with Gasteiger partial charge >= 0.3 is 17.9 Å². The van der Waals surface area contributed by atoms with Crippen LogP contribution in [0.1, 0.15) is 111 Å². The second-order valence-electron chi connectivity index (χ2n) is 18.2. The Kier molecular flexibility index (Phi) is 22.6. The highest BCUT2D eigenvalue weighted by Crippen LogP contribution is 2.37. The zero-order valence-corrected chi connectivity index (χ0v) is 43.1. The number of aromatic nitrogens is 3. The highest BCUT2D eigenvalue weighted by molar-refractivity contribution is 7.85. The van der Waals surface area contributed by atoms with Crippen molar-refractivity contribution in [3.8, 4) is 22.6 Å². The van der Waals surface area contributed by atoms with Gasteiger partial charge in [-0.1, -0.05) is 13.3 Å². The summed E-state index contributed by atoms with van der Waals surface area (Å²) >= 11 is 0. The summed E-state index contributed by atoms with van der Waals surface area (Å²) in [6.45, 7) is 8.84. The van der Waals surface area contributed by atoms with Gasteiger partial charge in [-0.2, -0.15) is 8.42 Å². The molecule has 0 saturated carbocycles. The van der Waals surface area contributed by atoms with Crippen LogP contribution in [-0.2, 0) is 52.2 Å². The Hall–Kier alpha value is -6.63. The lowest BCUT2D eigenvalue weighted by Gasteiger charge is -2.26. The number of carboxylic acid groups (broad SMARTS) is 3. The van der Waals surface area contributed by atoms with E-state index >= 15 is 0 Å². The summed E-state index contributed by atoms with van der Waals surface area (Å²) in [5.74, 6) is -3.63. The Labute approximate surface area is 431 Å². The van der Waals surface area contributed by atoms with Crippen LogP contribution in [0.3, 0.4) is 0 Å². The lowest BCUT2D eigenvalue weighted by atomic mass is 9.98. The second-order valence-corrected chi connectivity index (χ2v) is 19.8. The number of ether oxygens (including phenoxy) is 2. The number of benzene rings is 1. The summed E-state index contributed by atoms with van der Waals surface area (Å²) in [5.41, 5.74) is 9.79. The van der Waals surface area contributed by atoms with Gasteiger partial charge in [0.2, 0.25) is 11.8 Å². The van der Waals surface area contributed by atoms with E-state index in [4.69, 9.17) is 19.8 Å². The lowest BCUT2D eigenvalue weighted by Crippen LogP contribution is -2.36. The van der Waals surface area contributed by atoms with Crippen molar-refractivity contribution < 1.29 is 61.7 Å². The zero-order valence-electron chi connectivity index (χ0n) is 42.3. The van der Waals surface area contributed by atoms with Crippen LogP contribution in [0.25, 0.3) is 11.1 Å². The molecule has 2 amide bonds. The number of amides is 2. The number of rotatable bonds is 28. The van der Waals surface area contributed by atoms with Crippen molar-refractivity contribution in [3.63, 3.8) is 0 Å². The molecule has 5 rings (SSSR count). The van der Waals surface area contributed by atoms with Crippen molar-refractivity contribution in [2.75, 3.05) is 78.4 Å². The molecule has 1 saturated heterocycles. The van der Waals surface area contributed by atoms with Gasteiger partial charge in [-0.05, 0) is 110 Å². The van der Waals surface area contributed by atoms with Gasteiger partial charge in [0.05, 0.1) is 36.6 Å². The molecule has 1 aliphatic rings. The first-order valence-corrected chi connectivity index (χ1v) is 26.3. The molecular weight excluding hydrogens is 979 g/mol. The quantitative estimate of drug-likeness (QED) is 0.0315. The Morgan fingerprint density at radius 2 is 1.12 bits per heavy atom. The molecule has 0 radical (unpaired) electrons. The standard InChI is InChI=1S/C51H69N9O13S/c1-4-5-13-53-46(61)10-8-35-24-38(55-42(26-35)49(63)64)31-58-15-16-59(32-39-25-36(27-43(56-39)50(65)66)9-11-47(62)54-14-7-22-74(69,70)71)18-20-60(19-17-58)33-40-28-37(29-44(57-40)51(67)68)48-34(2)23-41(30-45(48)72-3)73-21-6-12-52/h23-30H,4-22,31-33,52H2,1-3H3,(H,53,61)(H,54,62)(H,63,64)(H,65,66)(H,67,68)(H,69,70,71). The fraction of sp³-hybridized carbons (Fsp3) is 0.490. The van der Waals surface area contributed by atoms with Gasteiger partial charge in [0.1, 0.15) is 28.6 Å². The number of nitrogens with zero attached hydrogens (tertiary/aromatic N) is 6. The van der Waals surface area contributed by atoms with E-state index in [2.05, 4.69) is 40.3 Å². The number of aryl methyl sites for hydroxylation is 3. The second kappa shape index (κ2) is 28.7. The van der Waals surface area contributed by atoms with Crippen molar-refractivity contribution in [3.05, 3.63) is 99.4 Å². The molecule has 0 atom stereocenters. The molecule has 402 valence electrons. The summed E-state index contributed by atoms with van der Waals surface area (Å²) in [4.78, 5) is 82.4. The molecule has 1 aliphatic heterocycles. The van der Waals surface area contributed by atoms with Gasteiger partial charge in [0.15, 0.2) is 0 Å². The predicted octanol–water partition coefficient (Wildman–Crippen LogP) is 3.67. The molecule has 22 nitrogen and oxygen atoms in total. The van der Waals surface area contributed by atoms with Gasteiger partial charge in [0.25, 0.3) is 10.1 Å². The molecule has 0 unspecified atom stereocenters. The largest absolute Gasteiger partial charge is 0.496 e. The molecule has 4 aromatic rings. The van der Waals surface area contributed by atoms with Gasteiger partial charge in [-0.25, -0.2) is 29.3 Å². The number of aromatic carboxylic acids is 3. The maximum absolute atomic E-state index is 12.6. The SMILES string of the molecule is CCCCNC(=O)CCc1cc(CN2CCN(Cc3cc(CCC(=O)NCCCS(=O)(=O)O)cc(C(=O)O)n3)CCN(Cc3cc(-c4c(C)cc(OCCCN)cc4OC)cc(C(=O)O)n3)CC2)nc(C(=O)O)c1. The summed E-state index contributed by atoms with van der Waals surface area (Å²) in [6.07, 6.45) is 3.09. The lowest BCUT2D eigenvalue weighted by molar-refractivity contribution is -0.121. The minimum atomic E-state index is -4.17. The third-order valence-corrected chi connectivity index (χ3v) is 13.0. The van der Waals surface area contributed by atoms with Crippen LogP contribution in [0.4, 0.5) is 0 Å². The van der Waals surface area contributed by atoms with E-state index in [1.165, 1.54) is 25.3 Å². The molecular formula is C51H69N9O13S. The van der Waals surface area contributed by atoms with Gasteiger partial charge in [0, 0.05) is 96.5 Å². The smallest absolute Gasteiger partial charge is 0.354 e. The van der Waals surface area contributed by atoms with Gasteiger partial charge in [-0.15, -0.1) is 0 Å². The third-order valence-electron chi connectivity index (χ3n) is 12.2. The third kappa shape index (κ3) is 19.3. The topological polar surface area (TPSA) is 317 Å². The van der Waals surface area contributed by atoms with Gasteiger partial charge in [-0.3, -0.25) is 28.8 Å². The first-order valence-electron chi connectivity index (χ1n) is 24.7. The number of carbonyl (C=O) groups is 5. The Morgan fingerprint density at radius 3 is 1.55 bits per heavy atom. The highest BCUT2D eigenvalue weighted by atomic mass is 32.2. The van der Waals surface area contributed by atoms with E-state index in [-0.39, 0.29) is 80.8 Å². The number of unbranched alkanes of at least 4 members (excludes halogenated alkanes) is 1. The van der Waals surface area contributed by atoms with Crippen molar-refractivity contribution >= 4 is 39.8 Å². The number of hydrogen-bond donors (Lipinski definition) is 7. The van der Waals surface area contributed by atoms with E-state index in [0.29, 0.717) is 123 Å². The fourth-order valence-electron chi connectivity index (χ4n) is 8.43. The Morgan fingerprint density at radius 1 is 0.662 bits per heavy atom. The molecule has 0 aliphatic carbocycles. The number of pyridine rings is 3. The van der Waals surface area contributed by atoms with Crippen LogP contribution < -0.4 is 25.8 Å². The fourth-order valence-corrected chi connectivity index (χ4v) is 8.94. The van der Waals surface area contributed by atoms with E-state index in [1.807, 2.05) is 32.0 Å². The van der Waals surface area contributed by atoms with Crippen LogP contribution in [0.2, 0.25) is 0 Å². The number of nitrogens with one attached hydrogen (secondary N) is 2. The van der Waals surface area contributed by atoms with Crippen LogP contribution in [0, 0.1) is 6.92 Å². The molecule has 74 heavy (non-hydrogen) atoms. The normalized spacial score (nSPS) is 13.9. The van der Waals surface area contributed by atoms with E-state index in [1.54, 1.807) is 12.1 Å². The number of methoxy groups -OCH3 is 1. The van der Waals surface area contributed by atoms with Crippen LogP contribution in [-0.4, -0.2) is 166 Å². The number of carbonyl (C=O) groups excluding carboxylic acids is 2.